The topological polar surface area (TPSA) is 61.8 Å². The van der Waals surface area contributed by atoms with Gasteiger partial charge in [0.15, 0.2) is 0 Å². The van der Waals surface area contributed by atoms with Crippen LogP contribution in [-0.2, 0) is 4.79 Å². The number of methoxy groups -OCH3 is 1. The van der Waals surface area contributed by atoms with Gasteiger partial charge in [0.05, 0.1) is 19.8 Å². The van der Waals surface area contributed by atoms with Gasteiger partial charge in [0.2, 0.25) is 5.91 Å². The lowest BCUT2D eigenvalue weighted by molar-refractivity contribution is -0.119. The summed E-state index contributed by atoms with van der Waals surface area (Å²) in [4.78, 5) is 14.4. The summed E-state index contributed by atoms with van der Waals surface area (Å²) >= 11 is 0. The van der Waals surface area contributed by atoms with Crippen molar-refractivity contribution in [3.63, 3.8) is 0 Å². The molecule has 2 atom stereocenters. The number of nitrogens with one attached hydrogen (secondary N) is 1. The van der Waals surface area contributed by atoms with E-state index in [-0.39, 0.29) is 12.0 Å². The molecular weight excluding hydrogens is 268 g/mol. The monoisotopic (exact) mass is 290 g/mol. The van der Waals surface area contributed by atoms with E-state index >= 15 is 0 Å². The smallest absolute Gasteiger partial charge is 0.238 e. The van der Waals surface area contributed by atoms with E-state index in [1.165, 1.54) is 0 Å². The van der Waals surface area contributed by atoms with Gasteiger partial charge in [-0.25, -0.2) is 0 Å². The van der Waals surface area contributed by atoms with E-state index in [1.54, 1.807) is 7.11 Å². The fourth-order valence-corrected chi connectivity index (χ4v) is 3.54. The summed E-state index contributed by atoms with van der Waals surface area (Å²) in [5.74, 6) is 0.782. The Morgan fingerprint density at radius 2 is 1.90 bits per heavy atom. The molecule has 0 spiro atoms. The van der Waals surface area contributed by atoms with Gasteiger partial charge >= 0.3 is 0 Å². The molecule has 21 heavy (non-hydrogen) atoms. The van der Waals surface area contributed by atoms with Crippen molar-refractivity contribution >= 4 is 11.6 Å². The first-order valence-electron chi connectivity index (χ1n) is 7.53. The number of hydrogen-bond donors (Lipinski definition) is 2. The maximum absolute atomic E-state index is 12.2. The van der Waals surface area contributed by atoms with E-state index in [0.717, 1.165) is 37.1 Å². The van der Waals surface area contributed by atoms with Crippen molar-refractivity contribution in [3.8, 4) is 5.75 Å². The zero-order valence-corrected chi connectivity index (χ0v) is 12.3. The molecule has 5 heteroatoms. The van der Waals surface area contributed by atoms with Gasteiger partial charge in [0.25, 0.3) is 0 Å². The molecular formula is C16H22N2O3. The van der Waals surface area contributed by atoms with E-state index in [4.69, 9.17) is 4.74 Å². The number of carbonyl (C=O) groups is 1. The average molecular weight is 290 g/mol. The number of rotatable bonds is 4. The molecule has 0 saturated carbocycles. The van der Waals surface area contributed by atoms with Crippen molar-refractivity contribution < 1.29 is 14.6 Å². The second-order valence-electron chi connectivity index (χ2n) is 5.96. The molecule has 0 aromatic heterocycles. The fourth-order valence-electron chi connectivity index (χ4n) is 3.54. The molecule has 2 heterocycles. The third kappa shape index (κ3) is 3.19. The standard InChI is InChI=1S/C16H22N2O3/c1-21-15-6-2-11(3-7-15)17-16(20)10-18-12-4-5-13(18)9-14(19)8-12/h2-3,6-7,12-14,19H,4-5,8-10H2,1H3,(H,17,20). The van der Waals surface area contributed by atoms with Gasteiger partial charge in [-0.1, -0.05) is 0 Å². The maximum Gasteiger partial charge on any atom is 0.238 e. The van der Waals surface area contributed by atoms with Crippen LogP contribution in [0.4, 0.5) is 5.69 Å². The Hall–Kier alpha value is -1.59. The van der Waals surface area contributed by atoms with Gasteiger partial charge in [-0.05, 0) is 49.9 Å². The zero-order valence-electron chi connectivity index (χ0n) is 12.3. The molecule has 2 fully saturated rings. The molecule has 1 aromatic rings. The van der Waals surface area contributed by atoms with E-state index in [2.05, 4.69) is 10.2 Å². The summed E-state index contributed by atoms with van der Waals surface area (Å²) in [7, 11) is 1.62. The molecule has 1 amide bonds. The quantitative estimate of drug-likeness (QED) is 0.884. The number of aliphatic hydroxyl groups excluding tert-OH is 1. The highest BCUT2D eigenvalue weighted by atomic mass is 16.5. The van der Waals surface area contributed by atoms with Crippen LogP contribution in [0.1, 0.15) is 25.7 Å². The lowest BCUT2D eigenvalue weighted by Crippen LogP contribution is -2.47. The number of anilines is 1. The number of piperidine rings is 1. The predicted molar refractivity (Wildman–Crippen MR) is 80.4 cm³/mol. The Balaban J connectivity index is 1.56. The Morgan fingerprint density at radius 1 is 1.29 bits per heavy atom. The van der Waals surface area contributed by atoms with Gasteiger partial charge in [0.1, 0.15) is 5.75 Å². The molecule has 3 rings (SSSR count). The Labute approximate surface area is 124 Å². The van der Waals surface area contributed by atoms with Crippen LogP contribution in [0, 0.1) is 0 Å². The van der Waals surface area contributed by atoms with Crippen molar-refractivity contribution in [2.45, 2.75) is 43.9 Å². The van der Waals surface area contributed by atoms with Gasteiger partial charge in [0, 0.05) is 17.8 Å². The first kappa shape index (κ1) is 14.4. The highest BCUT2D eigenvalue weighted by Gasteiger charge is 2.40. The van der Waals surface area contributed by atoms with Crippen molar-refractivity contribution in [1.29, 1.82) is 0 Å². The number of fused-ring (bicyclic) bond motifs is 2. The summed E-state index contributed by atoms with van der Waals surface area (Å²) in [5.41, 5.74) is 0.783. The Bertz CT molecular complexity index is 489. The number of ether oxygens (including phenoxy) is 1. The minimum atomic E-state index is -0.191. The van der Waals surface area contributed by atoms with E-state index in [9.17, 15) is 9.90 Å². The molecule has 2 N–H and O–H groups in total. The first-order chi connectivity index (χ1) is 10.2. The van der Waals surface area contributed by atoms with Crippen molar-refractivity contribution in [2.24, 2.45) is 0 Å². The van der Waals surface area contributed by atoms with E-state index in [0.29, 0.717) is 18.6 Å². The largest absolute Gasteiger partial charge is 0.497 e. The molecule has 2 aliphatic rings. The third-order valence-corrected chi connectivity index (χ3v) is 4.56. The van der Waals surface area contributed by atoms with Crippen molar-refractivity contribution in [1.82, 2.24) is 4.90 Å². The van der Waals surface area contributed by atoms with Crippen LogP contribution >= 0.6 is 0 Å². The van der Waals surface area contributed by atoms with Crippen molar-refractivity contribution in [3.05, 3.63) is 24.3 Å². The second kappa shape index (κ2) is 6.03. The molecule has 1 aromatic carbocycles. The van der Waals surface area contributed by atoms with E-state index < -0.39 is 0 Å². The summed E-state index contributed by atoms with van der Waals surface area (Å²) in [5, 5.41) is 12.7. The Morgan fingerprint density at radius 3 is 2.48 bits per heavy atom. The SMILES string of the molecule is COc1ccc(NC(=O)CN2C3CCC2CC(O)C3)cc1. The number of nitrogens with zero attached hydrogens (tertiary/aromatic N) is 1. The molecule has 2 bridgehead atoms. The highest BCUT2D eigenvalue weighted by molar-refractivity contribution is 5.92. The summed E-state index contributed by atoms with van der Waals surface area (Å²) < 4.78 is 5.10. The number of carbonyl (C=O) groups excluding carboxylic acids is 1. The van der Waals surface area contributed by atoms with Crippen molar-refractivity contribution in [2.75, 3.05) is 19.0 Å². The summed E-state index contributed by atoms with van der Waals surface area (Å²) in [6.07, 6.45) is 3.59. The van der Waals surface area contributed by atoms with Crippen LogP contribution < -0.4 is 10.1 Å². The van der Waals surface area contributed by atoms with Crippen LogP contribution in [0.15, 0.2) is 24.3 Å². The summed E-state index contributed by atoms with van der Waals surface area (Å²) in [6, 6.07) is 8.06. The van der Waals surface area contributed by atoms with E-state index in [1.807, 2.05) is 24.3 Å². The molecule has 114 valence electrons. The Kier molecular flexibility index (Phi) is 4.12. The lowest BCUT2D eigenvalue weighted by atomic mass is 10.00. The second-order valence-corrected chi connectivity index (χ2v) is 5.96. The third-order valence-electron chi connectivity index (χ3n) is 4.56. The number of amides is 1. The maximum atomic E-state index is 12.2. The lowest BCUT2D eigenvalue weighted by Gasteiger charge is -2.36. The van der Waals surface area contributed by atoms with Gasteiger partial charge in [-0.15, -0.1) is 0 Å². The number of benzene rings is 1. The fraction of sp³-hybridized carbons (Fsp3) is 0.562. The normalized spacial score (nSPS) is 28.4. The zero-order chi connectivity index (χ0) is 14.8. The molecule has 2 unspecified atom stereocenters. The van der Waals surface area contributed by atoms with Gasteiger partial charge < -0.3 is 15.2 Å². The molecule has 0 aliphatic carbocycles. The first-order valence-corrected chi connectivity index (χ1v) is 7.53. The molecule has 2 saturated heterocycles. The molecule has 2 aliphatic heterocycles. The van der Waals surface area contributed by atoms with Crippen LogP contribution in [0.25, 0.3) is 0 Å². The van der Waals surface area contributed by atoms with Gasteiger partial charge in [-0.3, -0.25) is 9.69 Å². The minimum absolute atomic E-state index is 0.00783. The average Bonchev–Trinajstić information content (AvgIpc) is 2.71. The van der Waals surface area contributed by atoms with Crippen LogP contribution in [0.3, 0.4) is 0 Å². The predicted octanol–water partition coefficient (Wildman–Crippen LogP) is 1.62. The highest BCUT2D eigenvalue weighted by Crippen LogP contribution is 2.35. The molecule has 0 radical (unpaired) electrons. The molecule has 5 nitrogen and oxygen atoms in total. The number of hydrogen-bond acceptors (Lipinski definition) is 4. The van der Waals surface area contributed by atoms with Crippen LogP contribution in [-0.4, -0.2) is 47.8 Å². The van der Waals surface area contributed by atoms with Gasteiger partial charge in [-0.2, -0.15) is 0 Å². The number of aliphatic hydroxyl groups is 1. The van der Waals surface area contributed by atoms with Crippen LogP contribution in [0.5, 0.6) is 5.75 Å². The van der Waals surface area contributed by atoms with Crippen LogP contribution in [0.2, 0.25) is 0 Å². The summed E-state index contributed by atoms with van der Waals surface area (Å²) in [6.45, 7) is 0.411. The minimum Gasteiger partial charge on any atom is -0.497 e.